The average molecular weight is 367 g/mol. The number of hydrogen-bond donors (Lipinski definition) is 1. The van der Waals surface area contributed by atoms with Crippen LogP contribution in [0.25, 0.3) is 0 Å². The van der Waals surface area contributed by atoms with Crippen molar-refractivity contribution in [3.63, 3.8) is 0 Å². The van der Waals surface area contributed by atoms with Gasteiger partial charge in [0.05, 0.1) is 10.1 Å². The second-order valence-corrected chi connectivity index (χ2v) is 8.49. The Morgan fingerprint density at radius 1 is 1.08 bits per heavy atom. The molecule has 2 aromatic rings. The van der Waals surface area contributed by atoms with Gasteiger partial charge in [0.15, 0.2) is 21.3 Å². The Balaban J connectivity index is 1.67. The molecule has 3 atom stereocenters. The van der Waals surface area contributed by atoms with Gasteiger partial charge in [-0.3, -0.25) is 0 Å². The molecular weight excluding hydrogens is 352 g/mol. The summed E-state index contributed by atoms with van der Waals surface area (Å²) in [5.41, 5.74) is 0.834. The maximum Gasteiger partial charge on any atom is 0.231 e. The Kier molecular flexibility index (Phi) is 3.71. The second kappa shape index (κ2) is 5.65. The van der Waals surface area contributed by atoms with Crippen molar-refractivity contribution in [2.75, 3.05) is 13.4 Å². The van der Waals surface area contributed by atoms with Crippen molar-refractivity contribution in [3.8, 4) is 11.5 Å². The van der Waals surface area contributed by atoms with Crippen LogP contribution in [0.1, 0.15) is 11.5 Å². The van der Waals surface area contributed by atoms with E-state index in [1.807, 2.05) is 6.07 Å². The topological polar surface area (TPSA) is 72.8 Å². The minimum absolute atomic E-state index is 0.166. The summed E-state index contributed by atoms with van der Waals surface area (Å²) in [4.78, 5) is 0.221. The molecule has 0 unspecified atom stereocenters. The molecule has 1 aliphatic heterocycles. The predicted molar refractivity (Wildman–Crippen MR) is 88.3 cm³/mol. The van der Waals surface area contributed by atoms with Crippen molar-refractivity contribution in [3.05, 3.63) is 53.1 Å². The highest BCUT2D eigenvalue weighted by Gasteiger charge is 2.58. The van der Waals surface area contributed by atoms with Gasteiger partial charge in [-0.1, -0.05) is 17.7 Å². The van der Waals surface area contributed by atoms with Gasteiger partial charge in [-0.05, 0) is 42.0 Å². The zero-order chi connectivity index (χ0) is 16.9. The number of rotatable bonds is 4. The highest BCUT2D eigenvalue weighted by atomic mass is 35.5. The lowest BCUT2D eigenvalue weighted by atomic mass is 10.1. The first-order valence-corrected chi connectivity index (χ1v) is 9.44. The summed E-state index contributed by atoms with van der Waals surface area (Å²) in [5, 5.41) is 9.45. The molecule has 5 nitrogen and oxygen atoms in total. The molecule has 4 rings (SSSR count). The molecule has 1 saturated carbocycles. The molecule has 1 aliphatic carbocycles. The Bertz CT molecular complexity index is 878. The maximum absolute atomic E-state index is 12.9. The van der Waals surface area contributed by atoms with E-state index in [0.717, 1.165) is 5.56 Å². The third kappa shape index (κ3) is 2.46. The number of aliphatic hydroxyl groups excluding tert-OH is 1. The Morgan fingerprint density at radius 3 is 2.50 bits per heavy atom. The van der Waals surface area contributed by atoms with Crippen molar-refractivity contribution < 1.29 is 23.0 Å². The van der Waals surface area contributed by atoms with Crippen LogP contribution >= 0.6 is 11.6 Å². The van der Waals surface area contributed by atoms with E-state index in [9.17, 15) is 13.5 Å². The van der Waals surface area contributed by atoms with Crippen molar-refractivity contribution in [1.82, 2.24) is 0 Å². The lowest BCUT2D eigenvalue weighted by Crippen LogP contribution is -2.11. The van der Waals surface area contributed by atoms with E-state index in [-0.39, 0.29) is 30.1 Å². The van der Waals surface area contributed by atoms with Gasteiger partial charge in [-0.2, -0.15) is 0 Å². The number of aliphatic hydroxyl groups is 1. The van der Waals surface area contributed by atoms with Gasteiger partial charge in [-0.15, -0.1) is 0 Å². The van der Waals surface area contributed by atoms with Crippen LogP contribution in [0.2, 0.25) is 5.02 Å². The molecule has 1 heterocycles. The zero-order valence-corrected chi connectivity index (χ0v) is 14.1. The molecule has 7 heteroatoms. The van der Waals surface area contributed by atoms with Crippen LogP contribution in [0.5, 0.6) is 11.5 Å². The van der Waals surface area contributed by atoms with E-state index in [1.165, 1.54) is 12.1 Å². The third-order valence-corrected chi connectivity index (χ3v) is 7.13. The molecule has 0 amide bonds. The first kappa shape index (κ1) is 15.7. The van der Waals surface area contributed by atoms with Crippen molar-refractivity contribution in [2.45, 2.75) is 16.1 Å². The first-order chi connectivity index (χ1) is 11.5. The zero-order valence-electron chi connectivity index (χ0n) is 12.6. The van der Waals surface area contributed by atoms with Crippen LogP contribution in [0, 0.1) is 5.92 Å². The lowest BCUT2D eigenvalue weighted by molar-refractivity contribution is 0.174. The molecule has 0 bridgehead atoms. The molecule has 2 aromatic carbocycles. The minimum Gasteiger partial charge on any atom is -0.454 e. The summed E-state index contributed by atoms with van der Waals surface area (Å²) >= 11 is 5.83. The number of hydrogen-bond acceptors (Lipinski definition) is 5. The van der Waals surface area contributed by atoms with Crippen LogP contribution in [-0.4, -0.2) is 32.2 Å². The molecule has 126 valence electrons. The van der Waals surface area contributed by atoms with E-state index in [2.05, 4.69) is 0 Å². The fourth-order valence-corrected chi connectivity index (χ4v) is 5.65. The van der Waals surface area contributed by atoms with E-state index in [1.54, 1.807) is 24.3 Å². The van der Waals surface area contributed by atoms with Crippen LogP contribution < -0.4 is 9.47 Å². The summed E-state index contributed by atoms with van der Waals surface area (Å²) in [6.07, 6.45) is 0. The Labute approximate surface area is 144 Å². The quantitative estimate of drug-likeness (QED) is 0.900. The average Bonchev–Trinajstić information content (AvgIpc) is 3.15. The molecule has 1 fully saturated rings. The SMILES string of the molecule is O=S(=O)(c1ccc(Cl)cc1)[C@H]1[C@H](CO)[C@@H]1c1ccc2c(c1)OCO2. The summed E-state index contributed by atoms with van der Waals surface area (Å²) in [6, 6.07) is 11.5. The Morgan fingerprint density at radius 2 is 1.79 bits per heavy atom. The van der Waals surface area contributed by atoms with Crippen molar-refractivity contribution >= 4 is 21.4 Å². The van der Waals surface area contributed by atoms with Crippen LogP contribution in [-0.2, 0) is 9.84 Å². The lowest BCUT2D eigenvalue weighted by Gasteiger charge is -2.05. The molecular formula is C17H15ClO5S. The molecule has 2 aliphatic rings. The molecule has 0 aromatic heterocycles. The number of ether oxygens (including phenoxy) is 2. The van der Waals surface area contributed by atoms with Crippen molar-refractivity contribution in [1.29, 1.82) is 0 Å². The van der Waals surface area contributed by atoms with E-state index < -0.39 is 15.1 Å². The van der Waals surface area contributed by atoms with Crippen LogP contribution in [0.15, 0.2) is 47.4 Å². The molecule has 0 saturated heterocycles. The molecule has 0 spiro atoms. The van der Waals surface area contributed by atoms with E-state index in [0.29, 0.717) is 16.5 Å². The van der Waals surface area contributed by atoms with Crippen LogP contribution in [0.4, 0.5) is 0 Å². The molecule has 24 heavy (non-hydrogen) atoms. The number of benzene rings is 2. The number of sulfone groups is 1. The van der Waals surface area contributed by atoms with Gasteiger partial charge in [0, 0.05) is 23.5 Å². The predicted octanol–water partition coefficient (Wildman–Crippen LogP) is 2.62. The summed E-state index contributed by atoms with van der Waals surface area (Å²) in [6.45, 7) is -0.0179. The first-order valence-electron chi connectivity index (χ1n) is 7.52. The van der Waals surface area contributed by atoms with Gasteiger partial charge in [-0.25, -0.2) is 8.42 Å². The van der Waals surface area contributed by atoms with Gasteiger partial charge in [0.2, 0.25) is 6.79 Å². The Hall–Kier alpha value is -1.76. The van der Waals surface area contributed by atoms with E-state index in [4.69, 9.17) is 21.1 Å². The normalized spacial score (nSPS) is 24.8. The second-order valence-electron chi connectivity index (χ2n) is 5.95. The smallest absolute Gasteiger partial charge is 0.231 e. The van der Waals surface area contributed by atoms with Crippen molar-refractivity contribution in [2.24, 2.45) is 5.92 Å². The number of fused-ring (bicyclic) bond motifs is 1. The van der Waals surface area contributed by atoms with Gasteiger partial charge < -0.3 is 14.6 Å². The largest absolute Gasteiger partial charge is 0.454 e. The monoisotopic (exact) mass is 366 g/mol. The summed E-state index contributed by atoms with van der Waals surface area (Å²) < 4.78 is 36.4. The standard InChI is InChI=1S/C17H15ClO5S/c18-11-2-4-12(5-3-11)24(20,21)17-13(8-19)16(17)10-1-6-14-15(7-10)23-9-22-14/h1-7,13,16-17,19H,8-9H2/t13-,16+,17+/m1/s1. The number of halogens is 1. The maximum atomic E-state index is 12.9. The van der Waals surface area contributed by atoms with E-state index >= 15 is 0 Å². The van der Waals surface area contributed by atoms with Gasteiger partial charge in [0.1, 0.15) is 0 Å². The summed E-state index contributed by atoms with van der Waals surface area (Å²) in [5.74, 6) is 0.673. The molecule has 0 radical (unpaired) electrons. The fourth-order valence-electron chi connectivity index (χ4n) is 3.32. The third-order valence-electron chi connectivity index (χ3n) is 4.59. The van der Waals surface area contributed by atoms with Gasteiger partial charge >= 0.3 is 0 Å². The summed E-state index contributed by atoms with van der Waals surface area (Å²) in [7, 11) is -3.55. The highest BCUT2D eigenvalue weighted by Crippen LogP contribution is 2.54. The highest BCUT2D eigenvalue weighted by molar-refractivity contribution is 7.92. The van der Waals surface area contributed by atoms with Gasteiger partial charge in [0.25, 0.3) is 0 Å². The fraction of sp³-hybridized carbons (Fsp3) is 0.294. The minimum atomic E-state index is -3.55. The van der Waals surface area contributed by atoms with Crippen LogP contribution in [0.3, 0.4) is 0 Å². The molecule has 1 N–H and O–H groups in total.